The molecule has 0 saturated carbocycles. The van der Waals surface area contributed by atoms with Crippen LogP contribution in [0.4, 0.5) is 5.69 Å². The van der Waals surface area contributed by atoms with Crippen LogP contribution < -0.4 is 9.64 Å². The Kier molecular flexibility index (Phi) is 5.49. The van der Waals surface area contributed by atoms with Gasteiger partial charge in [-0.2, -0.15) is 0 Å². The fourth-order valence-corrected chi connectivity index (χ4v) is 4.81. The molecular weight excluding hydrogens is 466 g/mol. The van der Waals surface area contributed by atoms with Crippen molar-refractivity contribution in [3.63, 3.8) is 0 Å². The molecule has 1 unspecified atom stereocenters. The highest BCUT2D eigenvalue weighted by Crippen LogP contribution is 2.45. The van der Waals surface area contributed by atoms with Crippen LogP contribution in [-0.4, -0.2) is 23.9 Å². The highest BCUT2D eigenvalue weighted by molar-refractivity contribution is 9.10. The molecule has 1 aliphatic heterocycles. The van der Waals surface area contributed by atoms with Crippen LogP contribution in [0.1, 0.15) is 22.0 Å². The number of amides is 1. The van der Waals surface area contributed by atoms with Crippen LogP contribution in [-0.2, 0) is 9.59 Å². The summed E-state index contributed by atoms with van der Waals surface area (Å²) in [4.78, 5) is 28.4. The summed E-state index contributed by atoms with van der Waals surface area (Å²) in [5.74, 6) is -0.913. The van der Waals surface area contributed by atoms with Crippen LogP contribution in [0.3, 0.4) is 0 Å². The van der Waals surface area contributed by atoms with Crippen molar-refractivity contribution in [1.82, 2.24) is 0 Å². The molecule has 30 heavy (non-hydrogen) atoms. The summed E-state index contributed by atoms with van der Waals surface area (Å²) in [5, 5.41) is 13.0. The molecule has 1 N–H and O–H groups in total. The molecule has 2 heterocycles. The number of benzene rings is 2. The summed E-state index contributed by atoms with van der Waals surface area (Å²) in [6.45, 7) is 1.93. The minimum absolute atomic E-state index is 0.0868. The van der Waals surface area contributed by atoms with Gasteiger partial charge in [0.25, 0.3) is 11.7 Å². The van der Waals surface area contributed by atoms with Gasteiger partial charge in [-0.05, 0) is 60.3 Å². The van der Waals surface area contributed by atoms with Gasteiger partial charge in [0.05, 0.1) is 12.7 Å². The minimum Gasteiger partial charge on any atom is -0.507 e. The first kappa shape index (κ1) is 20.4. The van der Waals surface area contributed by atoms with Gasteiger partial charge in [-0.15, -0.1) is 11.3 Å². The highest BCUT2D eigenvalue weighted by atomic mass is 79.9. The van der Waals surface area contributed by atoms with Crippen LogP contribution in [0.15, 0.2) is 70.0 Å². The Balaban J connectivity index is 1.92. The number of aryl methyl sites for hydroxylation is 1. The number of carbonyl (C=O) groups is 2. The number of methoxy groups -OCH3 is 1. The number of hydrogen-bond acceptors (Lipinski definition) is 5. The molecule has 4 rings (SSSR count). The third-order valence-electron chi connectivity index (χ3n) is 5.06. The molecule has 0 radical (unpaired) electrons. The van der Waals surface area contributed by atoms with Gasteiger partial charge < -0.3 is 9.84 Å². The number of hydrogen-bond donors (Lipinski definition) is 1. The Morgan fingerprint density at radius 3 is 2.30 bits per heavy atom. The predicted molar refractivity (Wildman–Crippen MR) is 121 cm³/mol. The molecule has 0 bridgehead atoms. The molecule has 7 heteroatoms. The second-order valence-corrected chi connectivity index (χ2v) is 8.71. The Bertz CT molecular complexity index is 1150. The van der Waals surface area contributed by atoms with Crippen LogP contribution in [0, 0.1) is 6.92 Å². The second kappa shape index (κ2) is 8.08. The van der Waals surface area contributed by atoms with E-state index in [-0.39, 0.29) is 11.3 Å². The fraction of sp³-hybridized carbons (Fsp3) is 0.130. The van der Waals surface area contributed by atoms with E-state index in [2.05, 4.69) is 15.9 Å². The van der Waals surface area contributed by atoms with Crippen molar-refractivity contribution >= 4 is 50.4 Å². The zero-order chi connectivity index (χ0) is 21.4. The summed E-state index contributed by atoms with van der Waals surface area (Å²) in [7, 11) is 1.56. The molecule has 1 saturated heterocycles. The Labute approximate surface area is 186 Å². The van der Waals surface area contributed by atoms with Crippen molar-refractivity contribution in [2.24, 2.45) is 0 Å². The monoisotopic (exact) mass is 483 g/mol. The van der Waals surface area contributed by atoms with Gasteiger partial charge in [0.1, 0.15) is 17.6 Å². The van der Waals surface area contributed by atoms with Crippen molar-refractivity contribution in [2.45, 2.75) is 13.0 Å². The molecule has 1 fully saturated rings. The second-order valence-electron chi connectivity index (χ2n) is 6.84. The first-order chi connectivity index (χ1) is 14.4. The number of carbonyl (C=O) groups excluding carboxylic acids is 2. The summed E-state index contributed by atoms with van der Waals surface area (Å²) in [6.07, 6.45) is 0. The van der Waals surface area contributed by atoms with Gasteiger partial charge in [0.2, 0.25) is 0 Å². The lowest BCUT2D eigenvalue weighted by Gasteiger charge is -2.25. The largest absolute Gasteiger partial charge is 0.507 e. The van der Waals surface area contributed by atoms with Crippen molar-refractivity contribution in [1.29, 1.82) is 0 Å². The molecule has 3 aromatic rings. The summed E-state index contributed by atoms with van der Waals surface area (Å²) < 4.78 is 6.05. The zero-order valence-electron chi connectivity index (χ0n) is 16.3. The first-order valence-electron chi connectivity index (χ1n) is 9.17. The SMILES string of the molecule is COc1ccc(N2C(=O)C(=O)/C(=C(\O)c3ccc(Br)cc3)C2c2sccc2C)cc1. The maximum atomic E-state index is 13.1. The highest BCUT2D eigenvalue weighted by Gasteiger charge is 2.47. The van der Waals surface area contributed by atoms with Gasteiger partial charge >= 0.3 is 0 Å². The normalized spacial score (nSPS) is 18.1. The average Bonchev–Trinajstić information content (AvgIpc) is 3.29. The summed E-state index contributed by atoms with van der Waals surface area (Å²) >= 11 is 4.82. The minimum atomic E-state index is -0.706. The smallest absolute Gasteiger partial charge is 0.300 e. The number of anilines is 1. The molecular formula is C23H18BrNO4S. The van der Waals surface area contributed by atoms with Crippen LogP contribution >= 0.6 is 27.3 Å². The number of aliphatic hydroxyl groups is 1. The number of thiophene rings is 1. The molecule has 5 nitrogen and oxygen atoms in total. The molecule has 1 amide bonds. The topological polar surface area (TPSA) is 66.8 Å². The van der Waals surface area contributed by atoms with Crippen molar-refractivity contribution < 1.29 is 19.4 Å². The fourth-order valence-electron chi connectivity index (χ4n) is 3.52. The lowest BCUT2D eigenvalue weighted by Crippen LogP contribution is -2.29. The molecule has 152 valence electrons. The van der Waals surface area contributed by atoms with E-state index in [0.717, 1.165) is 14.9 Å². The van der Waals surface area contributed by atoms with E-state index < -0.39 is 17.7 Å². The van der Waals surface area contributed by atoms with E-state index in [9.17, 15) is 14.7 Å². The maximum absolute atomic E-state index is 13.1. The third kappa shape index (κ3) is 3.44. The van der Waals surface area contributed by atoms with Gasteiger partial charge in [-0.25, -0.2) is 0 Å². The maximum Gasteiger partial charge on any atom is 0.300 e. The summed E-state index contributed by atoms with van der Waals surface area (Å²) in [5.41, 5.74) is 2.08. The van der Waals surface area contributed by atoms with E-state index in [4.69, 9.17) is 4.74 Å². The lowest BCUT2D eigenvalue weighted by molar-refractivity contribution is -0.132. The average molecular weight is 484 g/mol. The van der Waals surface area contributed by atoms with E-state index in [1.807, 2.05) is 18.4 Å². The standard InChI is InChI=1S/C23H18BrNO4S/c1-13-11-12-30-22(13)19-18(20(26)14-3-5-15(24)6-4-14)21(27)23(28)25(19)16-7-9-17(29-2)10-8-16/h3-12,19,26H,1-2H3/b20-18-. The van der Waals surface area contributed by atoms with E-state index in [0.29, 0.717) is 17.0 Å². The van der Waals surface area contributed by atoms with Crippen molar-refractivity contribution in [3.05, 3.63) is 86.0 Å². The molecule has 1 aliphatic rings. The van der Waals surface area contributed by atoms with Gasteiger partial charge in [0, 0.05) is 20.6 Å². The van der Waals surface area contributed by atoms with Crippen LogP contribution in [0.2, 0.25) is 0 Å². The number of nitrogens with zero attached hydrogens (tertiary/aromatic N) is 1. The molecule has 0 spiro atoms. The van der Waals surface area contributed by atoms with Gasteiger partial charge in [-0.3, -0.25) is 14.5 Å². The Morgan fingerprint density at radius 2 is 1.73 bits per heavy atom. The van der Waals surface area contributed by atoms with Gasteiger partial charge in [0.15, 0.2) is 0 Å². The van der Waals surface area contributed by atoms with E-state index >= 15 is 0 Å². The van der Waals surface area contributed by atoms with Crippen LogP contribution in [0.5, 0.6) is 5.75 Å². The lowest BCUT2D eigenvalue weighted by atomic mass is 9.98. The zero-order valence-corrected chi connectivity index (χ0v) is 18.7. The van der Waals surface area contributed by atoms with Crippen molar-refractivity contribution in [3.8, 4) is 5.75 Å². The number of ether oxygens (including phenoxy) is 1. The predicted octanol–water partition coefficient (Wildman–Crippen LogP) is 5.45. The molecule has 1 atom stereocenters. The van der Waals surface area contributed by atoms with E-state index in [1.54, 1.807) is 55.6 Å². The summed E-state index contributed by atoms with van der Waals surface area (Å²) in [6, 6.07) is 15.1. The van der Waals surface area contributed by atoms with Gasteiger partial charge in [-0.1, -0.05) is 28.1 Å². The molecule has 2 aromatic carbocycles. The molecule has 1 aromatic heterocycles. The number of Topliss-reactive ketones (excluding diaryl/α,β-unsaturated/α-hetero) is 1. The quantitative estimate of drug-likeness (QED) is 0.304. The number of halogens is 1. The number of ketones is 1. The number of rotatable bonds is 4. The van der Waals surface area contributed by atoms with Crippen molar-refractivity contribution in [2.75, 3.05) is 12.0 Å². The first-order valence-corrected chi connectivity index (χ1v) is 10.8. The number of aliphatic hydroxyl groups excluding tert-OH is 1. The molecule has 0 aliphatic carbocycles. The van der Waals surface area contributed by atoms with E-state index in [1.165, 1.54) is 16.2 Å². The third-order valence-corrected chi connectivity index (χ3v) is 6.66. The Morgan fingerprint density at radius 1 is 1.07 bits per heavy atom. The van der Waals surface area contributed by atoms with Crippen LogP contribution in [0.25, 0.3) is 5.76 Å². The Hall–Kier alpha value is -2.90.